The predicted molar refractivity (Wildman–Crippen MR) is 168 cm³/mol. The summed E-state index contributed by atoms with van der Waals surface area (Å²) >= 11 is 0. The lowest BCUT2D eigenvalue weighted by Crippen LogP contribution is -2.40. The molecular formula is C36H37N3O3. The van der Waals surface area contributed by atoms with Gasteiger partial charge in [0.25, 0.3) is 5.91 Å². The van der Waals surface area contributed by atoms with Crippen molar-refractivity contribution >= 4 is 28.6 Å². The first-order valence-corrected chi connectivity index (χ1v) is 14.8. The highest BCUT2D eigenvalue weighted by Gasteiger charge is 2.28. The standard InChI is InChI=1S/C36H37N3O3/c1-26-37-34(36(41)39(26)23-27-9-3-2-4-10-27)22-32-13-7-8-14-35(32)42-25-33(40)24-38-19-17-29(18-20-38)31-16-15-28-11-5-6-12-30(28)21-31/h2-16,21-22,29,33,40H,17-20,23-25H2,1H3/b34-22-. The molecule has 1 N–H and O–H groups in total. The first-order valence-electron chi connectivity index (χ1n) is 14.8. The van der Waals surface area contributed by atoms with E-state index in [4.69, 9.17) is 4.74 Å². The topological polar surface area (TPSA) is 65.4 Å². The summed E-state index contributed by atoms with van der Waals surface area (Å²) in [4.78, 5) is 21.7. The van der Waals surface area contributed by atoms with E-state index in [9.17, 15) is 9.90 Å². The quantitative estimate of drug-likeness (QED) is 0.246. The molecule has 6 rings (SSSR count). The van der Waals surface area contributed by atoms with Gasteiger partial charge in [-0.1, -0.05) is 91.0 Å². The summed E-state index contributed by atoms with van der Waals surface area (Å²) in [5.41, 5.74) is 3.61. The van der Waals surface area contributed by atoms with Gasteiger partial charge in [0.1, 0.15) is 30.0 Å². The average molecular weight is 560 g/mol. The second-order valence-electron chi connectivity index (χ2n) is 11.2. The molecule has 0 aliphatic carbocycles. The molecule has 0 saturated carbocycles. The third-order valence-electron chi connectivity index (χ3n) is 8.26. The van der Waals surface area contributed by atoms with Gasteiger partial charge in [-0.05, 0) is 72.8 Å². The highest BCUT2D eigenvalue weighted by atomic mass is 16.5. The Morgan fingerprint density at radius 3 is 2.45 bits per heavy atom. The van der Waals surface area contributed by atoms with Crippen LogP contribution in [0, 0.1) is 0 Å². The smallest absolute Gasteiger partial charge is 0.278 e. The molecule has 0 radical (unpaired) electrons. The van der Waals surface area contributed by atoms with E-state index in [0.717, 1.165) is 37.1 Å². The zero-order valence-electron chi connectivity index (χ0n) is 24.0. The Bertz CT molecular complexity index is 1610. The van der Waals surface area contributed by atoms with Crippen molar-refractivity contribution in [3.8, 4) is 5.75 Å². The molecular weight excluding hydrogens is 522 g/mol. The number of aliphatic hydroxyl groups is 1. The van der Waals surface area contributed by atoms with Crippen LogP contribution in [-0.2, 0) is 11.3 Å². The lowest BCUT2D eigenvalue weighted by Gasteiger charge is -2.33. The van der Waals surface area contributed by atoms with Crippen LogP contribution in [0.1, 0.15) is 42.4 Å². The lowest BCUT2D eigenvalue weighted by atomic mass is 9.88. The summed E-state index contributed by atoms with van der Waals surface area (Å²) in [6, 6.07) is 32.8. The fraction of sp³-hybridized carbons (Fsp3) is 0.278. The second kappa shape index (κ2) is 12.7. The van der Waals surface area contributed by atoms with E-state index < -0.39 is 6.10 Å². The number of para-hydroxylation sites is 1. The molecule has 1 fully saturated rings. The number of hydrogen-bond acceptors (Lipinski definition) is 5. The van der Waals surface area contributed by atoms with Gasteiger partial charge in [-0.3, -0.25) is 9.69 Å². The molecule has 6 heteroatoms. The van der Waals surface area contributed by atoms with Crippen molar-refractivity contribution in [3.63, 3.8) is 0 Å². The monoisotopic (exact) mass is 559 g/mol. The summed E-state index contributed by atoms with van der Waals surface area (Å²) in [7, 11) is 0. The number of rotatable bonds is 9. The number of aliphatic imine (C=N–C) groups is 1. The summed E-state index contributed by atoms with van der Waals surface area (Å²) in [6.07, 6.45) is 3.32. The molecule has 1 saturated heterocycles. The van der Waals surface area contributed by atoms with Gasteiger partial charge in [-0.15, -0.1) is 0 Å². The predicted octanol–water partition coefficient (Wildman–Crippen LogP) is 6.26. The third kappa shape index (κ3) is 6.46. The van der Waals surface area contributed by atoms with Gasteiger partial charge in [0.2, 0.25) is 0 Å². The van der Waals surface area contributed by atoms with Crippen LogP contribution in [0.15, 0.2) is 108 Å². The molecule has 42 heavy (non-hydrogen) atoms. The van der Waals surface area contributed by atoms with Crippen LogP contribution in [0.3, 0.4) is 0 Å². The molecule has 0 spiro atoms. The van der Waals surface area contributed by atoms with Crippen LogP contribution >= 0.6 is 0 Å². The van der Waals surface area contributed by atoms with Crippen molar-refractivity contribution in [2.45, 2.75) is 38.3 Å². The molecule has 1 amide bonds. The first kappa shape index (κ1) is 27.9. The summed E-state index contributed by atoms with van der Waals surface area (Å²) in [5.74, 6) is 1.72. The van der Waals surface area contributed by atoms with Gasteiger partial charge < -0.3 is 14.7 Å². The number of fused-ring (bicyclic) bond motifs is 1. The number of β-amino-alcohol motifs (C(OH)–C–C–N with tert-alkyl or cyclic N) is 1. The van der Waals surface area contributed by atoms with Crippen molar-refractivity contribution in [2.24, 2.45) is 4.99 Å². The van der Waals surface area contributed by atoms with Crippen LogP contribution < -0.4 is 4.74 Å². The Kier molecular flexibility index (Phi) is 8.45. The van der Waals surface area contributed by atoms with Crippen LogP contribution in [0.2, 0.25) is 0 Å². The van der Waals surface area contributed by atoms with E-state index in [-0.39, 0.29) is 12.5 Å². The minimum Gasteiger partial charge on any atom is -0.490 e. The molecule has 2 heterocycles. The zero-order valence-corrected chi connectivity index (χ0v) is 24.0. The average Bonchev–Trinajstić information content (AvgIpc) is 3.28. The molecule has 214 valence electrons. The molecule has 4 aromatic rings. The van der Waals surface area contributed by atoms with E-state index >= 15 is 0 Å². The van der Waals surface area contributed by atoms with Gasteiger partial charge in [0.15, 0.2) is 0 Å². The van der Waals surface area contributed by atoms with E-state index in [2.05, 4.69) is 52.4 Å². The number of amidine groups is 1. The maximum absolute atomic E-state index is 13.2. The van der Waals surface area contributed by atoms with Gasteiger partial charge in [-0.2, -0.15) is 0 Å². The molecule has 0 bridgehead atoms. The Labute approximate surface area is 247 Å². The van der Waals surface area contributed by atoms with E-state index in [1.54, 1.807) is 11.0 Å². The molecule has 1 unspecified atom stereocenters. The first-order chi connectivity index (χ1) is 20.5. The summed E-state index contributed by atoms with van der Waals surface area (Å²) in [6.45, 7) is 5.00. The van der Waals surface area contributed by atoms with E-state index in [1.165, 1.54) is 16.3 Å². The number of ether oxygens (including phenoxy) is 1. The number of benzene rings is 4. The largest absolute Gasteiger partial charge is 0.490 e. The number of carbonyl (C=O) groups excluding carboxylic acids is 1. The highest BCUT2D eigenvalue weighted by molar-refractivity contribution is 6.13. The molecule has 0 aromatic heterocycles. The minimum absolute atomic E-state index is 0.127. The molecule has 2 aliphatic heterocycles. The van der Waals surface area contributed by atoms with E-state index in [1.807, 2.05) is 61.5 Å². The Hall–Kier alpha value is -4.26. The Balaban J connectivity index is 1.02. The van der Waals surface area contributed by atoms with Crippen molar-refractivity contribution in [1.82, 2.24) is 9.80 Å². The van der Waals surface area contributed by atoms with Crippen molar-refractivity contribution in [2.75, 3.05) is 26.2 Å². The van der Waals surface area contributed by atoms with Gasteiger partial charge in [-0.25, -0.2) is 4.99 Å². The third-order valence-corrected chi connectivity index (χ3v) is 8.26. The molecule has 6 nitrogen and oxygen atoms in total. The Morgan fingerprint density at radius 1 is 0.929 bits per heavy atom. The second-order valence-corrected chi connectivity index (χ2v) is 11.2. The Morgan fingerprint density at radius 2 is 1.64 bits per heavy atom. The number of aliphatic hydroxyl groups excluding tert-OH is 1. The van der Waals surface area contributed by atoms with Crippen LogP contribution in [0.4, 0.5) is 0 Å². The van der Waals surface area contributed by atoms with Crippen molar-refractivity contribution in [1.29, 1.82) is 0 Å². The molecule has 1 atom stereocenters. The number of amides is 1. The fourth-order valence-electron chi connectivity index (χ4n) is 5.94. The summed E-state index contributed by atoms with van der Waals surface area (Å²) < 4.78 is 6.07. The maximum Gasteiger partial charge on any atom is 0.278 e. The van der Waals surface area contributed by atoms with Crippen molar-refractivity contribution in [3.05, 3.63) is 119 Å². The lowest BCUT2D eigenvalue weighted by molar-refractivity contribution is -0.123. The molecule has 4 aromatic carbocycles. The van der Waals surface area contributed by atoms with Gasteiger partial charge in [0, 0.05) is 12.1 Å². The van der Waals surface area contributed by atoms with Crippen LogP contribution in [0.25, 0.3) is 16.8 Å². The fourth-order valence-corrected chi connectivity index (χ4v) is 5.94. The van der Waals surface area contributed by atoms with Gasteiger partial charge in [0.05, 0.1) is 6.54 Å². The number of hydrogen-bond donors (Lipinski definition) is 1. The molecule has 2 aliphatic rings. The number of piperidine rings is 1. The maximum atomic E-state index is 13.2. The van der Waals surface area contributed by atoms with Crippen LogP contribution in [-0.4, -0.2) is 59.0 Å². The number of carbonyl (C=O) groups is 1. The van der Waals surface area contributed by atoms with Gasteiger partial charge >= 0.3 is 0 Å². The van der Waals surface area contributed by atoms with E-state index in [0.29, 0.717) is 36.3 Å². The minimum atomic E-state index is -0.613. The summed E-state index contributed by atoms with van der Waals surface area (Å²) in [5, 5.41) is 13.4. The SMILES string of the molecule is CC1=N/C(=C\c2ccccc2OCC(O)CN2CCC(c3ccc4ccccc4c3)CC2)C(=O)N1Cc1ccccc1. The van der Waals surface area contributed by atoms with Crippen molar-refractivity contribution < 1.29 is 14.6 Å². The normalized spacial score (nSPS) is 18.0. The van der Waals surface area contributed by atoms with Crippen LogP contribution in [0.5, 0.6) is 5.75 Å². The number of nitrogens with zero attached hydrogens (tertiary/aromatic N) is 3. The number of likely N-dealkylation sites (tertiary alicyclic amines) is 1. The highest BCUT2D eigenvalue weighted by Crippen LogP contribution is 2.30. The zero-order chi connectivity index (χ0) is 28.9.